The fraction of sp³-hybridized carbons (Fsp3) is 0.143. The maximum atomic E-state index is 17.4. The van der Waals surface area contributed by atoms with Gasteiger partial charge in [0.05, 0.1) is 34.1 Å². The van der Waals surface area contributed by atoms with Crippen LogP contribution < -0.4 is 14.0 Å². The maximum Gasteiger partial charge on any atom is 0.373 e. The minimum absolute atomic E-state index is 0.830. The quantitative estimate of drug-likeness (QED) is 0.148. The lowest BCUT2D eigenvalue weighted by atomic mass is 10.2. The fourth-order valence-electron chi connectivity index (χ4n) is 5.73. The van der Waals surface area contributed by atoms with Gasteiger partial charge in [-0.25, -0.2) is 4.57 Å². The van der Waals surface area contributed by atoms with E-state index in [-0.39, 0.29) is 0 Å². The molecule has 0 N–H and O–H groups in total. The summed E-state index contributed by atoms with van der Waals surface area (Å²) in [5.41, 5.74) is 11.8. The Bertz CT molecular complexity index is 1610. The second-order valence-electron chi connectivity index (χ2n) is 12.5. The second-order valence-corrected chi connectivity index (χ2v) is 14.7. The Morgan fingerprint density at radius 1 is 0.277 bits per heavy atom. The van der Waals surface area contributed by atoms with Crippen LogP contribution in [0.4, 0.5) is 34.1 Å². The summed E-state index contributed by atoms with van der Waals surface area (Å²) in [6.45, 7) is 12.5. The Balaban J connectivity index is 1.78. The third-order valence-corrected chi connectivity index (χ3v) is 11.4. The minimum atomic E-state index is -3.97. The van der Waals surface area contributed by atoms with Gasteiger partial charge in [0, 0.05) is 0 Å². The SMILES string of the molecule is Cc1ccc(N(c2ccc(C)cc2)P(=O)(N(c2ccc(C)cc2)c2ccc(C)cc2)N(c2ccc(C)cc2)c2ccc(C)cc2)cc1. The zero-order valence-electron chi connectivity index (χ0n) is 28.1. The summed E-state index contributed by atoms with van der Waals surface area (Å²) in [5.74, 6) is 0. The highest BCUT2D eigenvalue weighted by atomic mass is 31.2. The highest BCUT2D eigenvalue weighted by Crippen LogP contribution is 2.68. The third-order valence-electron chi connectivity index (χ3n) is 8.45. The van der Waals surface area contributed by atoms with Gasteiger partial charge in [0.1, 0.15) is 0 Å². The van der Waals surface area contributed by atoms with Gasteiger partial charge < -0.3 is 0 Å². The Labute approximate surface area is 280 Å². The summed E-state index contributed by atoms with van der Waals surface area (Å²) in [5, 5.41) is 0. The Morgan fingerprint density at radius 2 is 0.404 bits per heavy atom. The monoisotopic (exact) mass is 635 g/mol. The standard InChI is InChI=1S/C42H42N3OP/c1-31-7-19-37(20-8-31)43(38-21-9-32(2)10-22-38)47(46,44(39-23-11-33(3)12-24-39)40-25-13-34(4)14-26-40)45(41-27-15-35(5)16-28-41)42-29-17-36(6)18-30-42/h7-30H,1-6H3. The molecule has 0 heterocycles. The smallest absolute Gasteiger partial charge is 0.259 e. The predicted molar refractivity (Wildman–Crippen MR) is 201 cm³/mol. The molecule has 5 heteroatoms. The number of hydrogen-bond acceptors (Lipinski definition) is 1. The van der Waals surface area contributed by atoms with Crippen molar-refractivity contribution in [2.24, 2.45) is 0 Å². The molecule has 0 amide bonds. The van der Waals surface area contributed by atoms with Crippen LogP contribution in [0.2, 0.25) is 0 Å². The molecular weight excluding hydrogens is 593 g/mol. The highest BCUT2D eigenvalue weighted by molar-refractivity contribution is 7.70. The first-order valence-electron chi connectivity index (χ1n) is 16.1. The topological polar surface area (TPSA) is 26.8 Å². The first-order valence-corrected chi connectivity index (χ1v) is 17.6. The number of aryl methyl sites for hydroxylation is 6. The lowest BCUT2D eigenvalue weighted by Gasteiger charge is -2.47. The van der Waals surface area contributed by atoms with E-state index >= 15 is 4.57 Å². The second kappa shape index (κ2) is 13.4. The molecule has 0 aliphatic rings. The number of nitrogens with zero attached hydrogens (tertiary/aromatic N) is 3. The molecule has 0 aliphatic heterocycles. The van der Waals surface area contributed by atoms with Crippen molar-refractivity contribution in [1.82, 2.24) is 0 Å². The maximum absolute atomic E-state index is 17.4. The molecule has 0 aromatic heterocycles. The van der Waals surface area contributed by atoms with Crippen molar-refractivity contribution in [3.05, 3.63) is 179 Å². The van der Waals surface area contributed by atoms with Crippen molar-refractivity contribution in [3.8, 4) is 0 Å². The number of anilines is 6. The molecule has 0 saturated heterocycles. The van der Waals surface area contributed by atoms with Crippen molar-refractivity contribution >= 4 is 41.7 Å². The third kappa shape index (κ3) is 6.61. The van der Waals surface area contributed by atoms with Crippen molar-refractivity contribution in [2.45, 2.75) is 41.5 Å². The van der Waals surface area contributed by atoms with E-state index < -0.39 is 7.59 Å². The van der Waals surface area contributed by atoms with E-state index in [1.807, 2.05) is 14.0 Å². The molecule has 0 fully saturated rings. The van der Waals surface area contributed by atoms with Crippen molar-refractivity contribution in [2.75, 3.05) is 14.0 Å². The van der Waals surface area contributed by atoms with Crippen LogP contribution in [0.3, 0.4) is 0 Å². The summed E-state index contributed by atoms with van der Waals surface area (Å²) in [6.07, 6.45) is 0. The van der Waals surface area contributed by atoms with Crippen molar-refractivity contribution < 1.29 is 4.57 Å². The Hall–Kier alpha value is -5.05. The van der Waals surface area contributed by atoms with Crippen LogP contribution in [-0.4, -0.2) is 0 Å². The number of rotatable bonds is 9. The number of benzene rings is 6. The molecule has 0 atom stereocenters. The summed E-state index contributed by atoms with van der Waals surface area (Å²) in [6, 6.07) is 50.0. The largest absolute Gasteiger partial charge is 0.373 e. The van der Waals surface area contributed by atoms with E-state index in [9.17, 15) is 0 Å². The molecule has 47 heavy (non-hydrogen) atoms. The lowest BCUT2D eigenvalue weighted by molar-refractivity contribution is 0.574. The van der Waals surface area contributed by atoms with Gasteiger partial charge >= 0.3 is 7.59 Å². The predicted octanol–water partition coefficient (Wildman–Crippen LogP) is 12.5. The first-order chi connectivity index (χ1) is 22.6. The molecule has 6 aromatic carbocycles. The average molecular weight is 636 g/mol. The van der Waals surface area contributed by atoms with E-state index in [1.54, 1.807) is 0 Å². The molecule has 0 bridgehead atoms. The average Bonchev–Trinajstić information content (AvgIpc) is 3.07. The first kappa shape index (κ1) is 31.9. The highest BCUT2D eigenvalue weighted by Gasteiger charge is 2.47. The summed E-state index contributed by atoms with van der Waals surface area (Å²) in [7, 11) is -3.97. The van der Waals surface area contributed by atoms with Crippen LogP contribution in [-0.2, 0) is 4.57 Å². The van der Waals surface area contributed by atoms with Gasteiger partial charge in [0.25, 0.3) is 0 Å². The van der Waals surface area contributed by atoms with Crippen molar-refractivity contribution in [3.63, 3.8) is 0 Å². The van der Waals surface area contributed by atoms with Crippen LogP contribution in [0.5, 0.6) is 0 Å². The molecule has 0 aliphatic carbocycles. The van der Waals surface area contributed by atoms with Crippen LogP contribution in [0.15, 0.2) is 146 Å². The zero-order chi connectivity index (χ0) is 33.1. The van der Waals surface area contributed by atoms with Crippen LogP contribution in [0.1, 0.15) is 33.4 Å². The van der Waals surface area contributed by atoms with E-state index in [0.717, 1.165) is 67.5 Å². The van der Waals surface area contributed by atoms with Gasteiger partial charge in [-0.1, -0.05) is 106 Å². The molecular formula is C42H42N3OP. The molecule has 4 nitrogen and oxygen atoms in total. The molecule has 6 rings (SSSR count). The Morgan fingerprint density at radius 3 is 0.532 bits per heavy atom. The molecule has 0 saturated carbocycles. The minimum Gasteiger partial charge on any atom is -0.259 e. The van der Waals surface area contributed by atoms with Crippen molar-refractivity contribution in [1.29, 1.82) is 0 Å². The number of hydrogen-bond donors (Lipinski definition) is 0. The Kier molecular flexibility index (Phi) is 9.07. The normalized spacial score (nSPS) is 11.3. The molecule has 6 aromatic rings. The van der Waals surface area contributed by atoms with E-state index in [2.05, 4.69) is 187 Å². The van der Waals surface area contributed by atoms with E-state index in [4.69, 9.17) is 0 Å². The molecule has 0 spiro atoms. The molecule has 0 unspecified atom stereocenters. The summed E-state index contributed by atoms with van der Waals surface area (Å²) in [4.78, 5) is 0. The van der Waals surface area contributed by atoms with Crippen LogP contribution in [0, 0.1) is 41.5 Å². The van der Waals surface area contributed by atoms with E-state index in [1.165, 1.54) is 0 Å². The van der Waals surface area contributed by atoms with Gasteiger partial charge in [0.2, 0.25) is 0 Å². The van der Waals surface area contributed by atoms with E-state index in [0.29, 0.717) is 0 Å². The van der Waals surface area contributed by atoms with Crippen LogP contribution >= 0.6 is 7.59 Å². The summed E-state index contributed by atoms with van der Waals surface area (Å²) < 4.78 is 23.5. The van der Waals surface area contributed by atoms with Crippen LogP contribution in [0.25, 0.3) is 0 Å². The molecule has 0 radical (unpaired) electrons. The van der Waals surface area contributed by atoms with Gasteiger partial charge in [-0.2, -0.15) is 0 Å². The summed E-state index contributed by atoms with van der Waals surface area (Å²) >= 11 is 0. The van der Waals surface area contributed by atoms with Gasteiger partial charge in [-0.15, -0.1) is 0 Å². The zero-order valence-corrected chi connectivity index (χ0v) is 28.9. The lowest BCUT2D eigenvalue weighted by Crippen LogP contribution is -2.35. The van der Waals surface area contributed by atoms with Gasteiger partial charge in [0.15, 0.2) is 0 Å². The molecule has 236 valence electrons. The fourth-order valence-corrected chi connectivity index (χ4v) is 8.88. The van der Waals surface area contributed by atoms with Gasteiger partial charge in [-0.3, -0.25) is 14.0 Å². The van der Waals surface area contributed by atoms with Gasteiger partial charge in [-0.05, 0) is 114 Å².